The second-order valence-electron chi connectivity index (χ2n) is 5.17. The van der Waals surface area contributed by atoms with E-state index in [0.717, 1.165) is 0 Å². The molecule has 0 amide bonds. The molecule has 0 fully saturated rings. The molecule has 0 heteroatoms. The van der Waals surface area contributed by atoms with E-state index in [9.17, 15) is 0 Å². The fourth-order valence-electron chi connectivity index (χ4n) is 1.67. The summed E-state index contributed by atoms with van der Waals surface area (Å²) in [6, 6.07) is 0. The summed E-state index contributed by atoms with van der Waals surface area (Å²) in [5.41, 5.74) is 2.23. The SMILES string of the molecule is CC(C)(C)CCC1=CCCCC1.[HH]. The van der Waals surface area contributed by atoms with Crippen LogP contribution in [0.4, 0.5) is 0 Å². The van der Waals surface area contributed by atoms with Gasteiger partial charge >= 0.3 is 0 Å². The van der Waals surface area contributed by atoms with Crippen LogP contribution in [-0.4, -0.2) is 0 Å². The minimum Gasteiger partial charge on any atom is -0.0853 e. The molecule has 0 nitrogen and oxygen atoms in total. The van der Waals surface area contributed by atoms with E-state index in [2.05, 4.69) is 26.8 Å². The van der Waals surface area contributed by atoms with Crippen LogP contribution in [0.15, 0.2) is 11.6 Å². The highest BCUT2D eigenvalue weighted by molar-refractivity contribution is 5.05. The minimum atomic E-state index is 0. The predicted molar refractivity (Wildman–Crippen MR) is 57.4 cm³/mol. The third-order valence-corrected chi connectivity index (χ3v) is 2.58. The topological polar surface area (TPSA) is 0 Å². The second kappa shape index (κ2) is 4.11. The van der Waals surface area contributed by atoms with Gasteiger partial charge in [0.1, 0.15) is 0 Å². The molecule has 1 rings (SSSR count). The van der Waals surface area contributed by atoms with Gasteiger partial charge in [0.25, 0.3) is 0 Å². The maximum atomic E-state index is 2.47. The van der Waals surface area contributed by atoms with Crippen molar-refractivity contribution in [3.05, 3.63) is 11.6 Å². The van der Waals surface area contributed by atoms with E-state index in [0.29, 0.717) is 5.41 Å². The summed E-state index contributed by atoms with van der Waals surface area (Å²) < 4.78 is 0. The highest BCUT2D eigenvalue weighted by Crippen LogP contribution is 2.27. The molecule has 0 radical (unpaired) electrons. The van der Waals surface area contributed by atoms with Gasteiger partial charge in [-0.1, -0.05) is 32.4 Å². The van der Waals surface area contributed by atoms with Crippen LogP contribution in [0.25, 0.3) is 0 Å². The van der Waals surface area contributed by atoms with Gasteiger partial charge in [-0.2, -0.15) is 0 Å². The Kier molecular flexibility index (Phi) is 3.37. The molecule has 0 bridgehead atoms. The first kappa shape index (κ1) is 9.83. The first-order chi connectivity index (χ1) is 5.58. The van der Waals surface area contributed by atoms with E-state index in [4.69, 9.17) is 0 Å². The first-order valence-electron chi connectivity index (χ1n) is 5.26. The maximum Gasteiger partial charge on any atom is 0 e. The summed E-state index contributed by atoms with van der Waals surface area (Å²) in [6.07, 6.45) is 10.7. The van der Waals surface area contributed by atoms with Crippen molar-refractivity contribution in [1.29, 1.82) is 0 Å². The molecule has 12 heavy (non-hydrogen) atoms. The lowest BCUT2D eigenvalue weighted by atomic mass is 9.86. The third kappa shape index (κ3) is 3.94. The van der Waals surface area contributed by atoms with Crippen molar-refractivity contribution < 1.29 is 1.43 Å². The molecule has 0 aromatic carbocycles. The van der Waals surface area contributed by atoms with Crippen molar-refractivity contribution in [3.63, 3.8) is 0 Å². The van der Waals surface area contributed by atoms with Crippen LogP contribution in [0.1, 0.15) is 60.7 Å². The molecule has 0 unspecified atom stereocenters. The number of hydrogen-bond acceptors (Lipinski definition) is 0. The van der Waals surface area contributed by atoms with E-state index >= 15 is 0 Å². The normalized spacial score (nSPS) is 19.1. The molecule has 0 saturated heterocycles. The van der Waals surface area contributed by atoms with Crippen LogP contribution in [0.3, 0.4) is 0 Å². The van der Waals surface area contributed by atoms with Crippen molar-refractivity contribution in [2.75, 3.05) is 0 Å². The lowest BCUT2D eigenvalue weighted by Gasteiger charge is -2.20. The number of rotatable bonds is 2. The molecule has 72 valence electrons. The molecule has 0 saturated carbocycles. The third-order valence-electron chi connectivity index (χ3n) is 2.58. The van der Waals surface area contributed by atoms with E-state index in [1.54, 1.807) is 5.57 Å². The molecule has 1 aliphatic carbocycles. The molecule has 0 aromatic heterocycles. The Morgan fingerprint density at radius 2 is 2.08 bits per heavy atom. The summed E-state index contributed by atoms with van der Waals surface area (Å²) in [7, 11) is 0. The molecule has 0 aromatic rings. The van der Waals surface area contributed by atoms with Gasteiger partial charge in [-0.3, -0.25) is 0 Å². The molecular weight excluding hydrogens is 144 g/mol. The zero-order chi connectivity index (χ0) is 9.03. The highest BCUT2D eigenvalue weighted by atomic mass is 14.2. The average Bonchev–Trinajstić information content (AvgIpc) is 2.02. The summed E-state index contributed by atoms with van der Waals surface area (Å²) in [5.74, 6) is 0. The van der Waals surface area contributed by atoms with Crippen LogP contribution in [0.5, 0.6) is 0 Å². The smallest absolute Gasteiger partial charge is 0 e. The minimum absolute atomic E-state index is 0. The van der Waals surface area contributed by atoms with E-state index < -0.39 is 0 Å². The van der Waals surface area contributed by atoms with E-state index in [1.807, 2.05) is 0 Å². The summed E-state index contributed by atoms with van der Waals surface area (Å²) in [4.78, 5) is 0. The van der Waals surface area contributed by atoms with Crippen molar-refractivity contribution in [3.8, 4) is 0 Å². The molecule has 0 atom stereocenters. The van der Waals surface area contributed by atoms with Crippen LogP contribution >= 0.6 is 0 Å². The fourth-order valence-corrected chi connectivity index (χ4v) is 1.67. The van der Waals surface area contributed by atoms with Gasteiger partial charge in [0.2, 0.25) is 0 Å². The number of hydrogen-bond donors (Lipinski definition) is 0. The van der Waals surface area contributed by atoms with Crippen LogP contribution in [-0.2, 0) is 0 Å². The van der Waals surface area contributed by atoms with Crippen LogP contribution in [0, 0.1) is 5.41 Å². The van der Waals surface area contributed by atoms with Crippen molar-refractivity contribution >= 4 is 0 Å². The fraction of sp³-hybridized carbons (Fsp3) is 0.833. The Morgan fingerprint density at radius 1 is 1.33 bits per heavy atom. The van der Waals surface area contributed by atoms with Crippen molar-refractivity contribution in [1.82, 2.24) is 0 Å². The standard InChI is InChI=1S/C12H22.H2/c1-12(2,3)10-9-11-7-5-4-6-8-11;/h7H,4-6,8-10H2,1-3H3;1H. The van der Waals surface area contributed by atoms with Gasteiger partial charge in [0.15, 0.2) is 0 Å². The van der Waals surface area contributed by atoms with Gasteiger partial charge < -0.3 is 0 Å². The Labute approximate surface area is 78.5 Å². The summed E-state index contributed by atoms with van der Waals surface area (Å²) in [5, 5.41) is 0. The maximum absolute atomic E-state index is 2.47. The predicted octanol–water partition coefficient (Wildman–Crippen LogP) is 4.56. The van der Waals surface area contributed by atoms with Gasteiger partial charge in [-0.15, -0.1) is 0 Å². The summed E-state index contributed by atoms with van der Waals surface area (Å²) >= 11 is 0. The molecule has 0 N–H and O–H groups in total. The second-order valence-corrected chi connectivity index (χ2v) is 5.17. The molecule has 1 aliphatic rings. The molecule has 0 spiro atoms. The van der Waals surface area contributed by atoms with Crippen LogP contribution in [0.2, 0.25) is 0 Å². The Balaban J connectivity index is 0.00000144. The van der Waals surface area contributed by atoms with E-state index in [1.165, 1.54) is 38.5 Å². The Morgan fingerprint density at radius 3 is 2.58 bits per heavy atom. The quantitative estimate of drug-likeness (QED) is 0.530. The van der Waals surface area contributed by atoms with Gasteiger partial charge in [0, 0.05) is 1.43 Å². The lowest BCUT2D eigenvalue weighted by Crippen LogP contribution is -2.05. The zero-order valence-electron chi connectivity index (χ0n) is 8.82. The van der Waals surface area contributed by atoms with Gasteiger partial charge in [0.05, 0.1) is 0 Å². The van der Waals surface area contributed by atoms with Crippen molar-refractivity contribution in [2.24, 2.45) is 5.41 Å². The largest absolute Gasteiger partial charge is 0.0853 e. The van der Waals surface area contributed by atoms with Gasteiger partial charge in [-0.05, 0) is 43.9 Å². The number of allylic oxidation sites excluding steroid dienone is 2. The molecule has 0 heterocycles. The van der Waals surface area contributed by atoms with Gasteiger partial charge in [-0.25, -0.2) is 0 Å². The summed E-state index contributed by atoms with van der Waals surface area (Å²) in [6.45, 7) is 6.99. The Hall–Kier alpha value is -0.260. The Bertz CT molecular complexity index is 162. The van der Waals surface area contributed by atoms with E-state index in [-0.39, 0.29) is 1.43 Å². The first-order valence-corrected chi connectivity index (χ1v) is 5.26. The molecule has 0 aliphatic heterocycles. The average molecular weight is 168 g/mol. The zero-order valence-corrected chi connectivity index (χ0v) is 8.82. The lowest BCUT2D eigenvalue weighted by molar-refractivity contribution is 0.374. The highest BCUT2D eigenvalue weighted by Gasteiger charge is 2.11. The van der Waals surface area contributed by atoms with Crippen molar-refractivity contribution in [2.45, 2.75) is 59.3 Å². The molecular formula is C12H24. The monoisotopic (exact) mass is 168 g/mol. The van der Waals surface area contributed by atoms with Crippen LogP contribution < -0.4 is 0 Å².